The lowest BCUT2D eigenvalue weighted by Crippen LogP contribution is -2.38. The van der Waals surface area contributed by atoms with Crippen molar-refractivity contribution in [2.75, 3.05) is 37.0 Å². The zero-order valence-electron chi connectivity index (χ0n) is 18.9. The summed E-state index contributed by atoms with van der Waals surface area (Å²) in [6.45, 7) is 9.25. The summed E-state index contributed by atoms with van der Waals surface area (Å²) in [5.74, 6) is 1.40. The number of thioether (sulfide) groups is 1. The molecule has 3 heterocycles. The van der Waals surface area contributed by atoms with Gasteiger partial charge < -0.3 is 14.2 Å². The minimum atomic E-state index is 0.125. The Balaban J connectivity index is 1.34. The summed E-state index contributed by atoms with van der Waals surface area (Å²) in [5.41, 5.74) is 5.13. The monoisotopic (exact) mass is 451 g/mol. The smallest absolute Gasteiger partial charge is 0.228 e. The first-order valence-corrected chi connectivity index (χ1v) is 12.2. The van der Waals surface area contributed by atoms with Gasteiger partial charge in [-0.2, -0.15) is 0 Å². The minimum absolute atomic E-state index is 0.125. The molecule has 2 aromatic heterocycles. The van der Waals surface area contributed by atoms with Crippen LogP contribution < -0.4 is 4.90 Å². The number of aromatic nitrogens is 4. The number of anilines is 1. The molecule has 0 bridgehead atoms. The largest absolute Gasteiger partial charge is 0.378 e. The summed E-state index contributed by atoms with van der Waals surface area (Å²) in [6, 6.07) is 10.9. The molecule has 7 nitrogen and oxygen atoms in total. The lowest BCUT2D eigenvalue weighted by molar-refractivity contribution is 0.102. The van der Waals surface area contributed by atoms with Crippen LogP contribution >= 0.6 is 11.8 Å². The van der Waals surface area contributed by atoms with Crippen LogP contribution in [0.5, 0.6) is 0 Å². The summed E-state index contributed by atoms with van der Waals surface area (Å²) >= 11 is 1.50. The van der Waals surface area contributed by atoms with Gasteiger partial charge in [-0.3, -0.25) is 9.36 Å². The highest BCUT2D eigenvalue weighted by molar-refractivity contribution is 7.99. The maximum Gasteiger partial charge on any atom is 0.228 e. The van der Waals surface area contributed by atoms with E-state index in [-0.39, 0.29) is 5.78 Å². The van der Waals surface area contributed by atoms with Crippen molar-refractivity contribution in [3.05, 3.63) is 52.8 Å². The predicted octanol–water partition coefficient (Wildman–Crippen LogP) is 4.14. The topological polar surface area (TPSA) is 65.2 Å². The number of ketones is 1. The average Bonchev–Trinajstić information content (AvgIpc) is 3.48. The number of benzene rings is 1. The van der Waals surface area contributed by atoms with Crippen LogP contribution in [0.2, 0.25) is 0 Å². The van der Waals surface area contributed by atoms with Crippen LogP contribution in [0.4, 0.5) is 5.95 Å². The van der Waals surface area contributed by atoms with E-state index in [1.54, 1.807) is 0 Å². The van der Waals surface area contributed by atoms with E-state index in [1.807, 2.05) is 13.0 Å². The van der Waals surface area contributed by atoms with Gasteiger partial charge in [-0.15, -0.1) is 10.2 Å². The molecular weight excluding hydrogens is 422 g/mol. The van der Waals surface area contributed by atoms with Crippen LogP contribution in [0.25, 0.3) is 5.69 Å². The van der Waals surface area contributed by atoms with E-state index < -0.39 is 0 Å². The van der Waals surface area contributed by atoms with Crippen molar-refractivity contribution in [2.45, 2.75) is 44.8 Å². The van der Waals surface area contributed by atoms with Gasteiger partial charge in [0.15, 0.2) is 10.9 Å². The number of Topliss-reactive ketones (excluding diaryl/α,β-unsaturated/α-hetero) is 1. The number of nitrogens with zero attached hydrogens (tertiary/aromatic N) is 5. The van der Waals surface area contributed by atoms with Crippen LogP contribution in [-0.2, 0) is 4.74 Å². The number of carbonyl (C=O) groups is 1. The maximum atomic E-state index is 13.2. The molecule has 0 radical (unpaired) electrons. The number of aryl methyl sites for hydroxylation is 2. The van der Waals surface area contributed by atoms with E-state index in [0.717, 1.165) is 72.9 Å². The number of hydrogen-bond donors (Lipinski definition) is 0. The number of ether oxygens (including phenoxy) is 1. The van der Waals surface area contributed by atoms with Gasteiger partial charge in [-0.25, -0.2) is 0 Å². The lowest BCUT2D eigenvalue weighted by Gasteiger charge is -2.27. The number of rotatable bonds is 7. The molecule has 2 aliphatic rings. The molecule has 0 N–H and O–H groups in total. The standard InChI is InChI=1S/C24H29N5O2S/c1-16-4-6-19(7-5-16)28-17(2)14-21(18(28)3)22(30)15-32-24-26-25-23(29(24)20-8-9-20)27-10-12-31-13-11-27/h4-7,14,20H,8-13,15H2,1-3H3. The molecule has 0 unspecified atom stereocenters. The van der Waals surface area contributed by atoms with Crippen molar-refractivity contribution >= 4 is 23.5 Å². The number of hydrogen-bond acceptors (Lipinski definition) is 6. The Hall–Kier alpha value is -2.58. The normalized spacial score (nSPS) is 16.5. The molecule has 1 saturated carbocycles. The zero-order chi connectivity index (χ0) is 22.2. The third-order valence-corrected chi connectivity index (χ3v) is 7.15. The van der Waals surface area contributed by atoms with Gasteiger partial charge in [0.1, 0.15) is 0 Å². The van der Waals surface area contributed by atoms with Crippen LogP contribution in [0, 0.1) is 20.8 Å². The molecule has 8 heteroatoms. The van der Waals surface area contributed by atoms with Crippen molar-refractivity contribution in [3.63, 3.8) is 0 Å². The molecule has 1 aliphatic heterocycles. The first-order chi connectivity index (χ1) is 15.5. The molecule has 3 aromatic rings. The molecule has 0 amide bonds. The summed E-state index contributed by atoms with van der Waals surface area (Å²) in [6.07, 6.45) is 2.29. The van der Waals surface area contributed by atoms with Crippen LogP contribution in [0.3, 0.4) is 0 Å². The summed E-state index contributed by atoms with van der Waals surface area (Å²) in [5, 5.41) is 9.78. The van der Waals surface area contributed by atoms with Gasteiger partial charge in [0.2, 0.25) is 5.95 Å². The van der Waals surface area contributed by atoms with E-state index in [0.29, 0.717) is 11.8 Å². The predicted molar refractivity (Wildman–Crippen MR) is 126 cm³/mol. The van der Waals surface area contributed by atoms with Gasteiger partial charge in [0.05, 0.1) is 19.0 Å². The molecule has 1 saturated heterocycles. The van der Waals surface area contributed by atoms with Gasteiger partial charge in [0, 0.05) is 41.8 Å². The van der Waals surface area contributed by atoms with E-state index in [1.165, 1.54) is 17.3 Å². The zero-order valence-corrected chi connectivity index (χ0v) is 19.7. The second-order valence-electron chi connectivity index (χ2n) is 8.65. The summed E-state index contributed by atoms with van der Waals surface area (Å²) < 4.78 is 9.87. The highest BCUT2D eigenvalue weighted by Gasteiger charge is 2.32. The fraction of sp³-hybridized carbons (Fsp3) is 0.458. The summed E-state index contributed by atoms with van der Waals surface area (Å²) in [7, 11) is 0. The first-order valence-electron chi connectivity index (χ1n) is 11.2. The quantitative estimate of drug-likeness (QED) is 0.397. The van der Waals surface area contributed by atoms with Crippen molar-refractivity contribution in [1.82, 2.24) is 19.3 Å². The van der Waals surface area contributed by atoms with E-state index >= 15 is 0 Å². The van der Waals surface area contributed by atoms with Gasteiger partial charge >= 0.3 is 0 Å². The lowest BCUT2D eigenvalue weighted by atomic mass is 10.2. The van der Waals surface area contributed by atoms with Crippen molar-refractivity contribution in [1.29, 1.82) is 0 Å². The highest BCUT2D eigenvalue weighted by atomic mass is 32.2. The maximum absolute atomic E-state index is 13.2. The number of carbonyl (C=O) groups excluding carboxylic acids is 1. The van der Waals surface area contributed by atoms with E-state index in [2.05, 4.69) is 62.3 Å². The van der Waals surface area contributed by atoms with Gasteiger partial charge in [-0.1, -0.05) is 29.5 Å². The summed E-state index contributed by atoms with van der Waals surface area (Å²) in [4.78, 5) is 15.4. The molecule has 0 spiro atoms. The third kappa shape index (κ3) is 4.09. The Morgan fingerprint density at radius 3 is 2.50 bits per heavy atom. The van der Waals surface area contributed by atoms with E-state index in [4.69, 9.17) is 4.74 Å². The fourth-order valence-electron chi connectivity index (χ4n) is 4.34. The molecular formula is C24H29N5O2S. The van der Waals surface area contributed by atoms with Crippen molar-refractivity contribution in [3.8, 4) is 5.69 Å². The van der Waals surface area contributed by atoms with Crippen molar-refractivity contribution in [2.24, 2.45) is 0 Å². The molecule has 5 rings (SSSR count). The van der Waals surface area contributed by atoms with Gasteiger partial charge in [0.25, 0.3) is 0 Å². The Kier molecular flexibility index (Phi) is 5.82. The van der Waals surface area contributed by atoms with E-state index in [9.17, 15) is 4.79 Å². The highest BCUT2D eigenvalue weighted by Crippen LogP contribution is 2.41. The second-order valence-corrected chi connectivity index (χ2v) is 9.59. The Morgan fingerprint density at radius 2 is 1.81 bits per heavy atom. The minimum Gasteiger partial charge on any atom is -0.378 e. The molecule has 2 fully saturated rings. The molecule has 1 aromatic carbocycles. The van der Waals surface area contributed by atoms with Crippen molar-refractivity contribution < 1.29 is 9.53 Å². The third-order valence-electron chi connectivity index (χ3n) is 6.21. The molecule has 0 atom stereocenters. The molecule has 32 heavy (non-hydrogen) atoms. The average molecular weight is 452 g/mol. The number of morpholine rings is 1. The molecule has 1 aliphatic carbocycles. The SMILES string of the molecule is Cc1ccc(-n2c(C)cc(C(=O)CSc3nnc(N4CCOCC4)n3C3CC3)c2C)cc1. The fourth-order valence-corrected chi connectivity index (χ4v) is 5.23. The van der Waals surface area contributed by atoms with Crippen LogP contribution in [0.15, 0.2) is 35.5 Å². The van der Waals surface area contributed by atoms with Crippen LogP contribution in [0.1, 0.15) is 46.2 Å². The Bertz CT molecular complexity index is 1120. The van der Waals surface area contributed by atoms with Gasteiger partial charge in [-0.05, 0) is 51.8 Å². The first kappa shape index (κ1) is 21.3. The Morgan fingerprint density at radius 1 is 1.09 bits per heavy atom. The molecule has 168 valence electrons. The van der Waals surface area contributed by atoms with Crippen LogP contribution in [-0.4, -0.2) is 57.2 Å². The second kappa shape index (κ2) is 8.75. The Labute approximate surface area is 192 Å².